The first-order valence-corrected chi connectivity index (χ1v) is 10.3. The van der Waals surface area contributed by atoms with Crippen LogP contribution in [0.3, 0.4) is 0 Å². The highest BCUT2D eigenvalue weighted by atomic mass is 32.1. The van der Waals surface area contributed by atoms with Crippen molar-refractivity contribution in [1.82, 2.24) is 0 Å². The average Bonchev–Trinajstić information content (AvgIpc) is 3.14. The maximum atomic E-state index is 12.8. The van der Waals surface area contributed by atoms with Gasteiger partial charge in [0.15, 0.2) is 0 Å². The van der Waals surface area contributed by atoms with Crippen LogP contribution in [0.15, 0.2) is 30.3 Å². The zero-order chi connectivity index (χ0) is 20.3. The summed E-state index contributed by atoms with van der Waals surface area (Å²) in [5, 5.41) is 19.6. The van der Waals surface area contributed by atoms with E-state index in [0.717, 1.165) is 16.2 Å². The van der Waals surface area contributed by atoms with Crippen molar-refractivity contribution < 1.29 is 24.5 Å². The Labute approximate surface area is 168 Å². The lowest BCUT2D eigenvalue weighted by molar-refractivity contribution is -0.119. The molecule has 1 heterocycles. The van der Waals surface area contributed by atoms with E-state index in [1.54, 1.807) is 25.0 Å². The molecule has 0 bridgehead atoms. The van der Waals surface area contributed by atoms with Crippen LogP contribution >= 0.6 is 11.3 Å². The minimum atomic E-state index is -1.04. The monoisotopic (exact) mass is 403 g/mol. The van der Waals surface area contributed by atoms with Crippen LogP contribution in [0.4, 0.5) is 5.69 Å². The van der Waals surface area contributed by atoms with Crippen molar-refractivity contribution in [1.29, 1.82) is 0 Å². The van der Waals surface area contributed by atoms with Crippen molar-refractivity contribution in [2.45, 2.75) is 51.2 Å². The Hall–Kier alpha value is -2.38. The molecule has 6 nitrogen and oxygen atoms in total. The lowest BCUT2D eigenvalue weighted by Gasteiger charge is -2.35. The van der Waals surface area contributed by atoms with Gasteiger partial charge in [-0.15, -0.1) is 11.3 Å². The number of hydrogen-bond acceptors (Lipinski definition) is 5. The molecule has 1 saturated carbocycles. The standard InChI is InChI=1S/C21H25NO5S/c1-3-19(24)22(14-6-8-15(23)9-7-14)17-12-18(28-20(17)21(25)26)13-4-10-16(27-2)11-5-13/h4-5,10-12,14-15,23H,3,6-9H2,1-2H3,(H,25,26). The third kappa shape index (κ3) is 4.20. The third-order valence-corrected chi connectivity index (χ3v) is 6.30. The quantitative estimate of drug-likeness (QED) is 0.756. The van der Waals surface area contributed by atoms with E-state index in [2.05, 4.69) is 0 Å². The molecule has 0 aliphatic heterocycles. The first-order valence-electron chi connectivity index (χ1n) is 9.46. The molecule has 3 rings (SSSR count). The lowest BCUT2D eigenvalue weighted by atomic mass is 9.91. The van der Waals surface area contributed by atoms with Crippen LogP contribution in [0.25, 0.3) is 10.4 Å². The van der Waals surface area contributed by atoms with Gasteiger partial charge in [-0.05, 0) is 61.6 Å². The van der Waals surface area contributed by atoms with Crippen molar-refractivity contribution in [2.24, 2.45) is 0 Å². The van der Waals surface area contributed by atoms with Crippen LogP contribution in [0, 0.1) is 0 Å². The van der Waals surface area contributed by atoms with Crippen molar-refractivity contribution >= 4 is 28.9 Å². The predicted octanol–water partition coefficient (Wildman–Crippen LogP) is 4.17. The number of aliphatic hydroxyl groups excluding tert-OH is 1. The highest BCUT2D eigenvalue weighted by Crippen LogP contribution is 2.40. The third-order valence-electron chi connectivity index (χ3n) is 5.14. The minimum Gasteiger partial charge on any atom is -0.497 e. The molecule has 0 radical (unpaired) electrons. The number of aliphatic hydroxyl groups is 1. The minimum absolute atomic E-state index is 0.0905. The number of carbonyl (C=O) groups excluding carboxylic acids is 1. The van der Waals surface area contributed by atoms with Gasteiger partial charge in [0.25, 0.3) is 0 Å². The fourth-order valence-corrected chi connectivity index (χ4v) is 4.63. The van der Waals surface area contributed by atoms with E-state index < -0.39 is 5.97 Å². The Morgan fingerprint density at radius 2 is 1.82 bits per heavy atom. The van der Waals surface area contributed by atoms with Gasteiger partial charge in [-0.25, -0.2) is 4.79 Å². The first-order chi connectivity index (χ1) is 13.4. The summed E-state index contributed by atoms with van der Waals surface area (Å²) in [7, 11) is 1.59. The smallest absolute Gasteiger partial charge is 0.348 e. The Bertz CT molecular complexity index is 837. The summed E-state index contributed by atoms with van der Waals surface area (Å²) in [6.45, 7) is 1.78. The lowest BCUT2D eigenvalue weighted by Crippen LogP contribution is -2.43. The van der Waals surface area contributed by atoms with Gasteiger partial charge in [-0.2, -0.15) is 0 Å². The highest BCUT2D eigenvalue weighted by Gasteiger charge is 2.32. The van der Waals surface area contributed by atoms with Crippen LogP contribution in [0.5, 0.6) is 5.75 Å². The normalized spacial score (nSPS) is 19.2. The van der Waals surface area contributed by atoms with Crippen LogP contribution in [0.1, 0.15) is 48.7 Å². The zero-order valence-corrected chi connectivity index (χ0v) is 16.9. The number of anilines is 1. The van der Waals surface area contributed by atoms with E-state index in [1.165, 1.54) is 11.3 Å². The maximum Gasteiger partial charge on any atom is 0.348 e. The Morgan fingerprint density at radius 1 is 1.18 bits per heavy atom. The molecule has 2 N–H and O–H groups in total. The second-order valence-electron chi connectivity index (χ2n) is 6.94. The van der Waals surface area contributed by atoms with Gasteiger partial charge in [-0.3, -0.25) is 4.79 Å². The summed E-state index contributed by atoms with van der Waals surface area (Å²) in [5.41, 5.74) is 1.33. The Morgan fingerprint density at radius 3 is 2.36 bits per heavy atom. The van der Waals surface area contributed by atoms with Gasteiger partial charge in [0.05, 0.1) is 18.9 Å². The second kappa shape index (κ2) is 8.75. The summed E-state index contributed by atoms with van der Waals surface area (Å²) in [4.78, 5) is 27.3. The van der Waals surface area contributed by atoms with Gasteiger partial charge in [0, 0.05) is 17.3 Å². The molecule has 0 unspecified atom stereocenters. The number of ether oxygens (including phenoxy) is 1. The number of carboxylic acids is 1. The van der Waals surface area contributed by atoms with Gasteiger partial charge >= 0.3 is 5.97 Å². The highest BCUT2D eigenvalue weighted by molar-refractivity contribution is 7.18. The Balaban J connectivity index is 2.02. The number of nitrogens with zero attached hydrogens (tertiary/aromatic N) is 1. The molecule has 1 aliphatic rings. The summed E-state index contributed by atoms with van der Waals surface area (Å²) >= 11 is 1.17. The molecule has 0 atom stereocenters. The molecule has 28 heavy (non-hydrogen) atoms. The molecule has 150 valence electrons. The molecular formula is C21H25NO5S. The van der Waals surface area contributed by atoms with Crippen molar-refractivity contribution in [3.63, 3.8) is 0 Å². The van der Waals surface area contributed by atoms with E-state index in [1.807, 2.05) is 24.3 Å². The van der Waals surface area contributed by atoms with Gasteiger partial charge in [0.2, 0.25) is 5.91 Å². The molecule has 0 spiro atoms. The number of thiophene rings is 1. The van der Waals surface area contributed by atoms with Crippen LogP contribution in [0.2, 0.25) is 0 Å². The number of carbonyl (C=O) groups is 2. The number of hydrogen-bond donors (Lipinski definition) is 2. The van der Waals surface area contributed by atoms with Gasteiger partial charge in [-0.1, -0.05) is 6.92 Å². The molecule has 7 heteroatoms. The molecule has 1 aliphatic carbocycles. The average molecular weight is 404 g/mol. The van der Waals surface area contributed by atoms with E-state index in [9.17, 15) is 19.8 Å². The predicted molar refractivity (Wildman–Crippen MR) is 109 cm³/mol. The van der Waals surface area contributed by atoms with Crippen molar-refractivity contribution in [3.8, 4) is 16.2 Å². The number of benzene rings is 1. The van der Waals surface area contributed by atoms with Gasteiger partial charge in [0.1, 0.15) is 10.6 Å². The largest absolute Gasteiger partial charge is 0.497 e. The number of carboxylic acid groups (broad SMARTS) is 1. The summed E-state index contributed by atoms with van der Waals surface area (Å²) in [6.07, 6.45) is 2.53. The van der Waals surface area contributed by atoms with Crippen LogP contribution in [-0.2, 0) is 4.79 Å². The van der Waals surface area contributed by atoms with Crippen molar-refractivity contribution in [2.75, 3.05) is 12.0 Å². The van der Waals surface area contributed by atoms with Crippen LogP contribution < -0.4 is 9.64 Å². The van der Waals surface area contributed by atoms with E-state index in [0.29, 0.717) is 37.8 Å². The number of amides is 1. The van der Waals surface area contributed by atoms with E-state index in [4.69, 9.17) is 4.74 Å². The Kier molecular flexibility index (Phi) is 6.36. The fourth-order valence-electron chi connectivity index (χ4n) is 3.63. The van der Waals surface area contributed by atoms with E-state index >= 15 is 0 Å². The molecule has 0 saturated heterocycles. The van der Waals surface area contributed by atoms with E-state index in [-0.39, 0.29) is 22.9 Å². The summed E-state index contributed by atoms with van der Waals surface area (Å²) < 4.78 is 5.18. The fraction of sp³-hybridized carbons (Fsp3) is 0.429. The number of aromatic carboxylic acids is 1. The zero-order valence-electron chi connectivity index (χ0n) is 16.1. The van der Waals surface area contributed by atoms with Gasteiger partial charge < -0.3 is 19.8 Å². The van der Waals surface area contributed by atoms with Crippen molar-refractivity contribution in [3.05, 3.63) is 35.2 Å². The molecule has 1 aromatic carbocycles. The summed E-state index contributed by atoms with van der Waals surface area (Å²) in [6, 6.07) is 9.12. The maximum absolute atomic E-state index is 12.8. The number of rotatable bonds is 6. The number of methoxy groups -OCH3 is 1. The SMILES string of the molecule is CCC(=O)N(c1cc(-c2ccc(OC)cc2)sc1C(=O)O)C1CCC(O)CC1. The molecule has 1 amide bonds. The van der Waals surface area contributed by atoms with Crippen LogP contribution in [-0.4, -0.2) is 41.3 Å². The summed E-state index contributed by atoms with van der Waals surface area (Å²) in [5.74, 6) is -0.407. The molecule has 1 aromatic heterocycles. The molecular weight excluding hydrogens is 378 g/mol. The molecule has 1 fully saturated rings. The second-order valence-corrected chi connectivity index (χ2v) is 7.99. The first kappa shape index (κ1) is 20.4. The topological polar surface area (TPSA) is 87.1 Å². The molecule has 2 aromatic rings.